The molecule has 0 amide bonds. The summed E-state index contributed by atoms with van der Waals surface area (Å²) in [6.45, 7) is 7.78. The summed E-state index contributed by atoms with van der Waals surface area (Å²) in [5.74, 6) is 0.330. The molecule has 0 radical (unpaired) electrons. The lowest BCUT2D eigenvalue weighted by molar-refractivity contribution is -0.156. The SMILES string of the molecule is CC(C)(C)OC(=O)C[C@@H]1CCCN(c2ccccc2)C1. The molecule has 1 atom stereocenters. The Bertz CT molecular complexity index is 436. The fourth-order valence-corrected chi connectivity index (χ4v) is 2.72. The van der Waals surface area contributed by atoms with E-state index in [4.69, 9.17) is 4.74 Å². The van der Waals surface area contributed by atoms with Crippen LogP contribution in [0.1, 0.15) is 40.0 Å². The van der Waals surface area contributed by atoms with Crippen molar-refractivity contribution in [2.75, 3.05) is 18.0 Å². The Balaban J connectivity index is 1.89. The van der Waals surface area contributed by atoms with Crippen molar-refractivity contribution in [2.45, 2.75) is 45.6 Å². The van der Waals surface area contributed by atoms with Crippen molar-refractivity contribution in [3.63, 3.8) is 0 Å². The molecule has 0 unspecified atom stereocenters. The van der Waals surface area contributed by atoms with Gasteiger partial charge in [0.15, 0.2) is 0 Å². The number of piperidine rings is 1. The Morgan fingerprint density at radius 1 is 1.30 bits per heavy atom. The van der Waals surface area contributed by atoms with Gasteiger partial charge in [-0.2, -0.15) is 0 Å². The minimum atomic E-state index is -0.384. The van der Waals surface area contributed by atoms with E-state index in [0.29, 0.717) is 12.3 Å². The molecule has 0 spiro atoms. The molecule has 1 saturated heterocycles. The van der Waals surface area contributed by atoms with Gasteiger partial charge < -0.3 is 9.64 Å². The van der Waals surface area contributed by atoms with Gasteiger partial charge in [-0.15, -0.1) is 0 Å². The highest BCUT2D eigenvalue weighted by Crippen LogP contribution is 2.25. The maximum Gasteiger partial charge on any atom is 0.306 e. The van der Waals surface area contributed by atoms with Crippen LogP contribution in [0.4, 0.5) is 5.69 Å². The molecule has 2 rings (SSSR count). The standard InChI is InChI=1S/C17H25NO2/c1-17(2,3)20-16(19)12-14-8-7-11-18(13-14)15-9-5-4-6-10-15/h4-6,9-10,14H,7-8,11-13H2,1-3H3/t14-/m0/s1. The van der Waals surface area contributed by atoms with Crippen molar-refractivity contribution in [2.24, 2.45) is 5.92 Å². The fourth-order valence-electron chi connectivity index (χ4n) is 2.72. The Morgan fingerprint density at radius 2 is 2.00 bits per heavy atom. The van der Waals surface area contributed by atoms with Gasteiger partial charge >= 0.3 is 5.97 Å². The maximum absolute atomic E-state index is 11.9. The van der Waals surface area contributed by atoms with E-state index in [1.807, 2.05) is 26.8 Å². The van der Waals surface area contributed by atoms with E-state index < -0.39 is 0 Å². The lowest BCUT2D eigenvalue weighted by atomic mass is 9.94. The van der Waals surface area contributed by atoms with Crippen molar-refractivity contribution in [3.8, 4) is 0 Å². The molecule has 1 aromatic carbocycles. The van der Waals surface area contributed by atoms with Crippen molar-refractivity contribution in [3.05, 3.63) is 30.3 Å². The molecule has 0 N–H and O–H groups in total. The maximum atomic E-state index is 11.9. The predicted molar refractivity (Wildman–Crippen MR) is 81.8 cm³/mol. The topological polar surface area (TPSA) is 29.5 Å². The smallest absolute Gasteiger partial charge is 0.306 e. The quantitative estimate of drug-likeness (QED) is 0.789. The third-order valence-corrected chi connectivity index (χ3v) is 3.52. The van der Waals surface area contributed by atoms with E-state index in [9.17, 15) is 4.79 Å². The van der Waals surface area contributed by atoms with Gasteiger partial charge in [0.2, 0.25) is 0 Å². The van der Waals surface area contributed by atoms with Crippen molar-refractivity contribution in [1.29, 1.82) is 0 Å². The van der Waals surface area contributed by atoms with E-state index in [-0.39, 0.29) is 11.6 Å². The zero-order valence-corrected chi connectivity index (χ0v) is 12.8. The van der Waals surface area contributed by atoms with Gasteiger partial charge in [-0.1, -0.05) is 18.2 Å². The molecule has 0 saturated carbocycles. The molecule has 110 valence electrons. The van der Waals surface area contributed by atoms with Crippen LogP contribution in [0.25, 0.3) is 0 Å². The average molecular weight is 275 g/mol. The molecule has 1 aliphatic heterocycles. The average Bonchev–Trinajstić information content (AvgIpc) is 2.38. The number of anilines is 1. The number of rotatable bonds is 3. The predicted octanol–water partition coefficient (Wildman–Crippen LogP) is 3.63. The Kier molecular flexibility index (Phi) is 4.69. The molecule has 1 heterocycles. The molecule has 0 aliphatic carbocycles. The minimum absolute atomic E-state index is 0.0718. The van der Waals surface area contributed by atoms with Crippen molar-refractivity contribution >= 4 is 11.7 Å². The summed E-state index contributed by atoms with van der Waals surface area (Å²) in [6.07, 6.45) is 2.78. The molecular weight excluding hydrogens is 250 g/mol. The lowest BCUT2D eigenvalue weighted by Gasteiger charge is -2.34. The van der Waals surface area contributed by atoms with E-state index in [2.05, 4.69) is 29.2 Å². The number of carbonyl (C=O) groups is 1. The second-order valence-corrected chi connectivity index (χ2v) is 6.58. The van der Waals surface area contributed by atoms with Crippen LogP contribution in [0.3, 0.4) is 0 Å². The molecule has 3 heteroatoms. The second-order valence-electron chi connectivity index (χ2n) is 6.58. The number of para-hydroxylation sites is 1. The van der Waals surface area contributed by atoms with E-state index in [0.717, 1.165) is 25.9 Å². The van der Waals surface area contributed by atoms with Crippen LogP contribution in [-0.2, 0) is 9.53 Å². The molecule has 1 fully saturated rings. The summed E-state index contributed by atoms with van der Waals surface area (Å²) in [5.41, 5.74) is 0.867. The van der Waals surface area contributed by atoms with Crippen LogP contribution in [0.5, 0.6) is 0 Å². The summed E-state index contributed by atoms with van der Waals surface area (Å²) in [5, 5.41) is 0. The first kappa shape index (κ1) is 14.9. The second kappa shape index (κ2) is 6.29. The van der Waals surface area contributed by atoms with Crippen LogP contribution in [-0.4, -0.2) is 24.7 Å². The minimum Gasteiger partial charge on any atom is -0.460 e. The lowest BCUT2D eigenvalue weighted by Crippen LogP contribution is -2.37. The van der Waals surface area contributed by atoms with Gasteiger partial charge in [0.05, 0.1) is 6.42 Å². The van der Waals surface area contributed by atoms with E-state index >= 15 is 0 Å². The first-order valence-corrected chi connectivity index (χ1v) is 7.46. The monoisotopic (exact) mass is 275 g/mol. The molecule has 1 aliphatic rings. The Labute approximate surface area is 121 Å². The summed E-state index contributed by atoms with van der Waals surface area (Å²) in [6, 6.07) is 10.4. The number of esters is 1. The summed E-state index contributed by atoms with van der Waals surface area (Å²) >= 11 is 0. The normalized spacial score (nSPS) is 19.8. The fraction of sp³-hybridized carbons (Fsp3) is 0.588. The number of ether oxygens (including phenoxy) is 1. The zero-order valence-electron chi connectivity index (χ0n) is 12.8. The summed E-state index contributed by atoms with van der Waals surface area (Å²) in [4.78, 5) is 14.3. The Hall–Kier alpha value is -1.51. The van der Waals surface area contributed by atoms with Crippen LogP contribution in [0, 0.1) is 5.92 Å². The third kappa shape index (κ3) is 4.55. The highest BCUT2D eigenvalue weighted by molar-refractivity contribution is 5.70. The van der Waals surface area contributed by atoms with Crippen LogP contribution < -0.4 is 4.90 Å². The number of benzene rings is 1. The van der Waals surface area contributed by atoms with Crippen LogP contribution >= 0.6 is 0 Å². The number of carbonyl (C=O) groups excluding carboxylic acids is 1. The van der Waals surface area contributed by atoms with Gasteiger partial charge in [-0.3, -0.25) is 4.79 Å². The van der Waals surface area contributed by atoms with Crippen LogP contribution in [0.15, 0.2) is 30.3 Å². The van der Waals surface area contributed by atoms with Gasteiger partial charge in [-0.25, -0.2) is 0 Å². The van der Waals surface area contributed by atoms with Gasteiger partial charge in [0.1, 0.15) is 5.60 Å². The molecule has 3 nitrogen and oxygen atoms in total. The highest BCUT2D eigenvalue weighted by atomic mass is 16.6. The van der Waals surface area contributed by atoms with Crippen molar-refractivity contribution in [1.82, 2.24) is 0 Å². The number of hydrogen-bond donors (Lipinski definition) is 0. The highest BCUT2D eigenvalue weighted by Gasteiger charge is 2.25. The molecule has 0 bridgehead atoms. The molecule has 20 heavy (non-hydrogen) atoms. The van der Waals surface area contributed by atoms with Gasteiger partial charge in [0, 0.05) is 18.8 Å². The largest absolute Gasteiger partial charge is 0.460 e. The number of nitrogens with zero attached hydrogens (tertiary/aromatic N) is 1. The van der Waals surface area contributed by atoms with E-state index in [1.165, 1.54) is 5.69 Å². The van der Waals surface area contributed by atoms with Gasteiger partial charge in [-0.05, 0) is 51.7 Å². The first-order valence-electron chi connectivity index (χ1n) is 7.46. The molecule has 0 aromatic heterocycles. The third-order valence-electron chi connectivity index (χ3n) is 3.52. The van der Waals surface area contributed by atoms with E-state index in [1.54, 1.807) is 0 Å². The van der Waals surface area contributed by atoms with Gasteiger partial charge in [0.25, 0.3) is 0 Å². The number of hydrogen-bond acceptors (Lipinski definition) is 3. The Morgan fingerprint density at radius 3 is 2.65 bits per heavy atom. The molecular formula is C17H25NO2. The van der Waals surface area contributed by atoms with Crippen molar-refractivity contribution < 1.29 is 9.53 Å². The molecule has 1 aromatic rings. The summed E-state index contributed by atoms with van der Waals surface area (Å²) in [7, 11) is 0. The first-order chi connectivity index (χ1) is 9.44. The summed E-state index contributed by atoms with van der Waals surface area (Å²) < 4.78 is 5.42. The zero-order chi connectivity index (χ0) is 14.6. The van der Waals surface area contributed by atoms with Crippen LogP contribution in [0.2, 0.25) is 0 Å².